The van der Waals surface area contributed by atoms with Crippen molar-refractivity contribution in [2.45, 2.75) is 12.3 Å². The number of aliphatic carboxylic acids is 1. The van der Waals surface area contributed by atoms with Gasteiger partial charge in [-0.05, 0) is 29.8 Å². The predicted octanol–water partition coefficient (Wildman–Crippen LogP) is 3.44. The highest BCUT2D eigenvalue weighted by molar-refractivity contribution is 6.30. The summed E-state index contributed by atoms with van der Waals surface area (Å²) in [5.74, 6) is -2.07. The fraction of sp³-hybridized carbons (Fsp3) is 0.211. The maximum atomic E-state index is 11.7. The molecule has 0 saturated carbocycles. The largest absolute Gasteiger partial charge is 0.481 e. The summed E-state index contributed by atoms with van der Waals surface area (Å²) in [6, 6.07) is 15.0. The topological polar surface area (TPSA) is 102 Å². The molecular weight excluding hydrogens is 374 g/mol. The highest BCUT2D eigenvalue weighted by Gasteiger charge is 2.17. The Hall–Kier alpha value is -3.06. The predicted molar refractivity (Wildman–Crippen MR) is 97.7 cm³/mol. The van der Waals surface area contributed by atoms with Gasteiger partial charge in [0.2, 0.25) is 6.79 Å². The van der Waals surface area contributed by atoms with Gasteiger partial charge in [0.05, 0.1) is 12.0 Å². The van der Waals surface area contributed by atoms with E-state index in [0.717, 1.165) is 5.56 Å². The van der Waals surface area contributed by atoms with E-state index in [9.17, 15) is 14.4 Å². The van der Waals surface area contributed by atoms with E-state index in [1.54, 1.807) is 54.6 Å². The maximum Gasteiger partial charge on any atom is 0.410 e. The van der Waals surface area contributed by atoms with Crippen LogP contribution in [0.4, 0.5) is 4.79 Å². The average molecular weight is 392 g/mol. The first-order valence-electron chi connectivity index (χ1n) is 8.05. The van der Waals surface area contributed by atoms with Crippen LogP contribution in [-0.4, -0.2) is 36.5 Å². The van der Waals surface area contributed by atoms with Crippen molar-refractivity contribution in [2.24, 2.45) is 0 Å². The molecule has 2 aromatic carbocycles. The first-order chi connectivity index (χ1) is 13.0. The fourth-order valence-electron chi connectivity index (χ4n) is 2.31. The molecule has 142 valence electrons. The van der Waals surface area contributed by atoms with Crippen molar-refractivity contribution in [3.8, 4) is 0 Å². The number of rotatable bonds is 8. The molecule has 1 atom stereocenters. The lowest BCUT2D eigenvalue weighted by molar-refractivity contribution is -0.137. The number of carbonyl (C=O) groups is 3. The van der Waals surface area contributed by atoms with Gasteiger partial charge in [0.25, 0.3) is 0 Å². The van der Waals surface area contributed by atoms with Crippen LogP contribution in [0.2, 0.25) is 5.02 Å². The molecule has 0 aromatic heterocycles. The molecule has 0 saturated heterocycles. The van der Waals surface area contributed by atoms with Gasteiger partial charge in [0.15, 0.2) is 0 Å². The van der Waals surface area contributed by atoms with E-state index in [4.69, 9.17) is 26.2 Å². The number of halogens is 1. The first kappa shape index (κ1) is 20.3. The zero-order valence-electron chi connectivity index (χ0n) is 14.3. The molecule has 7 nitrogen and oxygen atoms in total. The Kier molecular flexibility index (Phi) is 7.63. The average Bonchev–Trinajstić information content (AvgIpc) is 2.66. The van der Waals surface area contributed by atoms with E-state index >= 15 is 0 Å². The molecule has 0 fully saturated rings. The number of nitrogens with one attached hydrogen (secondary N) is 1. The van der Waals surface area contributed by atoms with E-state index in [-0.39, 0.29) is 13.0 Å². The number of carboxylic acid groups (broad SMARTS) is 1. The molecule has 0 aliphatic carbocycles. The Morgan fingerprint density at radius 2 is 1.67 bits per heavy atom. The van der Waals surface area contributed by atoms with Gasteiger partial charge in [-0.1, -0.05) is 41.9 Å². The van der Waals surface area contributed by atoms with Gasteiger partial charge in [-0.2, -0.15) is 0 Å². The molecule has 0 aliphatic heterocycles. The summed E-state index contributed by atoms with van der Waals surface area (Å²) in [5, 5.41) is 12.0. The van der Waals surface area contributed by atoms with Crippen LogP contribution in [0.1, 0.15) is 28.3 Å². The highest BCUT2D eigenvalue weighted by Crippen LogP contribution is 2.21. The second-order valence-electron chi connectivity index (χ2n) is 5.57. The highest BCUT2D eigenvalue weighted by atomic mass is 35.5. The number of hydrogen-bond acceptors (Lipinski definition) is 5. The van der Waals surface area contributed by atoms with Gasteiger partial charge in [0.1, 0.15) is 0 Å². The minimum absolute atomic E-state index is 0.0411. The van der Waals surface area contributed by atoms with Gasteiger partial charge < -0.3 is 19.9 Å². The van der Waals surface area contributed by atoms with Gasteiger partial charge >= 0.3 is 18.0 Å². The van der Waals surface area contributed by atoms with Crippen LogP contribution < -0.4 is 5.32 Å². The van der Waals surface area contributed by atoms with Crippen molar-refractivity contribution in [3.05, 3.63) is 70.7 Å². The van der Waals surface area contributed by atoms with E-state index in [0.29, 0.717) is 10.6 Å². The summed E-state index contributed by atoms with van der Waals surface area (Å²) in [5.41, 5.74) is 1.06. The SMILES string of the molecule is O=C(O)C[C@@H](CNC(=O)OCOC(=O)c1ccccc1)c1ccc(Cl)cc1. The quantitative estimate of drug-likeness (QED) is 0.528. The Morgan fingerprint density at radius 3 is 2.30 bits per heavy atom. The van der Waals surface area contributed by atoms with Crippen LogP contribution in [0.15, 0.2) is 54.6 Å². The minimum atomic E-state index is -0.998. The number of esters is 1. The van der Waals surface area contributed by atoms with E-state index in [1.807, 2.05) is 0 Å². The zero-order valence-corrected chi connectivity index (χ0v) is 15.0. The molecule has 0 heterocycles. The third-order valence-corrected chi connectivity index (χ3v) is 3.90. The van der Waals surface area contributed by atoms with Crippen LogP contribution in [0.3, 0.4) is 0 Å². The van der Waals surface area contributed by atoms with Crippen molar-refractivity contribution in [1.29, 1.82) is 0 Å². The van der Waals surface area contributed by atoms with E-state index < -0.39 is 30.7 Å². The number of benzene rings is 2. The molecule has 0 aliphatic rings. The van der Waals surface area contributed by atoms with Crippen LogP contribution in [-0.2, 0) is 14.3 Å². The summed E-state index contributed by atoms with van der Waals surface area (Å²) in [6.07, 6.45) is -0.995. The lowest BCUT2D eigenvalue weighted by Crippen LogP contribution is -2.30. The van der Waals surface area contributed by atoms with Gasteiger partial charge in [0, 0.05) is 17.5 Å². The molecular formula is C19H18ClNO6. The summed E-state index contributed by atoms with van der Waals surface area (Å²) in [4.78, 5) is 34.5. The monoisotopic (exact) mass is 391 g/mol. The molecule has 0 unspecified atom stereocenters. The second-order valence-corrected chi connectivity index (χ2v) is 6.01. The lowest BCUT2D eigenvalue weighted by atomic mass is 9.96. The number of amides is 1. The molecule has 8 heteroatoms. The van der Waals surface area contributed by atoms with Crippen molar-refractivity contribution in [3.63, 3.8) is 0 Å². The smallest absolute Gasteiger partial charge is 0.410 e. The molecule has 0 radical (unpaired) electrons. The number of carbonyl (C=O) groups excluding carboxylic acids is 2. The molecule has 1 amide bonds. The first-order valence-corrected chi connectivity index (χ1v) is 8.43. The van der Waals surface area contributed by atoms with Crippen molar-refractivity contribution < 1.29 is 29.0 Å². The molecule has 27 heavy (non-hydrogen) atoms. The Balaban J connectivity index is 1.80. The molecule has 0 bridgehead atoms. The maximum absolute atomic E-state index is 11.7. The summed E-state index contributed by atoms with van der Waals surface area (Å²) in [7, 11) is 0. The zero-order chi connectivity index (χ0) is 19.6. The van der Waals surface area contributed by atoms with E-state index in [2.05, 4.69) is 5.32 Å². The van der Waals surface area contributed by atoms with Crippen LogP contribution in [0.25, 0.3) is 0 Å². The normalized spacial score (nSPS) is 11.3. The summed E-state index contributed by atoms with van der Waals surface area (Å²) >= 11 is 5.83. The second kappa shape index (κ2) is 10.2. The molecule has 2 aromatic rings. The van der Waals surface area contributed by atoms with Crippen LogP contribution in [0.5, 0.6) is 0 Å². The lowest BCUT2D eigenvalue weighted by Gasteiger charge is -2.16. The van der Waals surface area contributed by atoms with Crippen LogP contribution in [0, 0.1) is 0 Å². The van der Waals surface area contributed by atoms with Gasteiger partial charge in [-0.15, -0.1) is 0 Å². The van der Waals surface area contributed by atoms with Crippen molar-refractivity contribution >= 4 is 29.6 Å². The Labute approximate surface area is 160 Å². The standard InChI is InChI=1S/C19H18ClNO6/c20-16-8-6-13(7-9-16)15(10-17(22)23)11-21-19(25)27-12-26-18(24)14-4-2-1-3-5-14/h1-9,15H,10-12H2,(H,21,25)(H,22,23)/t15-/m0/s1. The van der Waals surface area contributed by atoms with Crippen molar-refractivity contribution in [1.82, 2.24) is 5.32 Å². The Morgan fingerprint density at radius 1 is 1.00 bits per heavy atom. The van der Waals surface area contributed by atoms with Gasteiger partial charge in [-0.25, -0.2) is 9.59 Å². The third-order valence-electron chi connectivity index (χ3n) is 3.64. The summed E-state index contributed by atoms with van der Waals surface area (Å²) < 4.78 is 9.62. The molecule has 2 rings (SSSR count). The van der Waals surface area contributed by atoms with Crippen LogP contribution >= 0.6 is 11.6 Å². The Bertz CT molecular complexity index is 779. The molecule has 2 N–H and O–H groups in total. The number of hydrogen-bond donors (Lipinski definition) is 2. The van der Waals surface area contributed by atoms with E-state index in [1.165, 1.54) is 0 Å². The number of alkyl carbamates (subject to hydrolysis) is 1. The number of ether oxygens (including phenoxy) is 2. The van der Waals surface area contributed by atoms with Crippen molar-refractivity contribution in [2.75, 3.05) is 13.3 Å². The fourth-order valence-corrected chi connectivity index (χ4v) is 2.43. The summed E-state index contributed by atoms with van der Waals surface area (Å²) in [6.45, 7) is -0.510. The van der Waals surface area contributed by atoms with Gasteiger partial charge in [-0.3, -0.25) is 4.79 Å². The number of carboxylic acids is 1. The third kappa shape index (κ3) is 6.99. The molecule has 0 spiro atoms. The minimum Gasteiger partial charge on any atom is -0.481 e.